The maximum atomic E-state index is 6.22. The molecule has 3 heteroatoms. The summed E-state index contributed by atoms with van der Waals surface area (Å²) in [6.45, 7) is 1.07. The lowest BCUT2D eigenvalue weighted by Crippen LogP contribution is -2.30. The van der Waals surface area contributed by atoms with Gasteiger partial charge in [-0.1, -0.05) is 29.8 Å². The average Bonchev–Trinajstić information content (AvgIpc) is 2.81. The van der Waals surface area contributed by atoms with Crippen LogP contribution in [0.4, 0.5) is 0 Å². The minimum absolute atomic E-state index is 0.421. The molecule has 1 aromatic carbocycles. The van der Waals surface area contributed by atoms with Gasteiger partial charge < -0.3 is 5.32 Å². The number of fused-ring (bicyclic) bond motifs is 1. The van der Waals surface area contributed by atoms with E-state index in [0.717, 1.165) is 24.4 Å². The van der Waals surface area contributed by atoms with E-state index in [1.165, 1.54) is 16.0 Å². The third-order valence-electron chi connectivity index (χ3n) is 3.28. The SMILES string of the molecule is Clc1ccccc1CC1NCCc2sccc21. The van der Waals surface area contributed by atoms with Crippen LogP contribution in [-0.4, -0.2) is 6.54 Å². The molecular formula is C14H14ClNS. The quantitative estimate of drug-likeness (QED) is 0.868. The van der Waals surface area contributed by atoms with Crippen molar-refractivity contribution in [2.45, 2.75) is 18.9 Å². The standard InChI is InChI=1S/C14H14ClNS/c15-12-4-2-1-3-10(12)9-13-11-6-8-17-14(11)5-7-16-13/h1-4,6,8,13,16H,5,7,9H2. The van der Waals surface area contributed by atoms with E-state index in [-0.39, 0.29) is 0 Å². The lowest BCUT2D eigenvalue weighted by molar-refractivity contribution is 0.508. The molecule has 17 heavy (non-hydrogen) atoms. The van der Waals surface area contributed by atoms with Crippen LogP contribution in [0.5, 0.6) is 0 Å². The van der Waals surface area contributed by atoms with E-state index in [2.05, 4.69) is 28.9 Å². The molecule has 1 aromatic heterocycles. The highest BCUT2D eigenvalue weighted by atomic mass is 35.5. The van der Waals surface area contributed by atoms with Crippen LogP contribution in [0, 0.1) is 0 Å². The van der Waals surface area contributed by atoms with Gasteiger partial charge in [0, 0.05) is 22.5 Å². The van der Waals surface area contributed by atoms with Crippen LogP contribution in [0.25, 0.3) is 0 Å². The second kappa shape index (κ2) is 4.81. The van der Waals surface area contributed by atoms with Crippen molar-refractivity contribution < 1.29 is 0 Å². The number of hydrogen-bond acceptors (Lipinski definition) is 2. The second-order valence-corrected chi connectivity index (χ2v) is 5.76. The Labute approximate surface area is 110 Å². The summed E-state index contributed by atoms with van der Waals surface area (Å²) >= 11 is 8.09. The Morgan fingerprint density at radius 3 is 3.06 bits per heavy atom. The van der Waals surface area contributed by atoms with Crippen LogP contribution in [0.1, 0.15) is 22.0 Å². The molecule has 2 aromatic rings. The summed E-state index contributed by atoms with van der Waals surface area (Å²) in [6, 6.07) is 10.8. The van der Waals surface area contributed by atoms with Gasteiger partial charge in [-0.05, 0) is 41.5 Å². The van der Waals surface area contributed by atoms with Crippen molar-refractivity contribution in [3.05, 3.63) is 56.7 Å². The van der Waals surface area contributed by atoms with Gasteiger partial charge in [-0.3, -0.25) is 0 Å². The van der Waals surface area contributed by atoms with Crippen molar-refractivity contribution in [3.63, 3.8) is 0 Å². The van der Waals surface area contributed by atoms with Crippen LogP contribution in [0.2, 0.25) is 5.02 Å². The van der Waals surface area contributed by atoms with E-state index < -0.39 is 0 Å². The molecule has 1 nitrogen and oxygen atoms in total. The number of rotatable bonds is 2. The Kier molecular flexibility index (Phi) is 3.19. The first kappa shape index (κ1) is 11.3. The second-order valence-electron chi connectivity index (χ2n) is 4.35. The molecule has 3 rings (SSSR count). The summed E-state index contributed by atoms with van der Waals surface area (Å²) < 4.78 is 0. The largest absolute Gasteiger partial charge is 0.309 e. The molecule has 88 valence electrons. The average molecular weight is 264 g/mol. The van der Waals surface area contributed by atoms with Crippen molar-refractivity contribution in [2.24, 2.45) is 0 Å². The molecule has 1 aliphatic rings. The lowest BCUT2D eigenvalue weighted by atomic mass is 9.96. The minimum Gasteiger partial charge on any atom is -0.309 e. The van der Waals surface area contributed by atoms with E-state index in [1.54, 1.807) is 0 Å². The number of thiophene rings is 1. The summed E-state index contributed by atoms with van der Waals surface area (Å²) in [5, 5.41) is 6.65. The molecule has 0 aliphatic carbocycles. The highest BCUT2D eigenvalue weighted by molar-refractivity contribution is 7.10. The maximum Gasteiger partial charge on any atom is 0.0438 e. The molecular weight excluding hydrogens is 250 g/mol. The Balaban J connectivity index is 1.86. The first-order valence-electron chi connectivity index (χ1n) is 5.87. The lowest BCUT2D eigenvalue weighted by Gasteiger charge is -2.24. The number of benzene rings is 1. The molecule has 0 amide bonds. The fourth-order valence-corrected chi connectivity index (χ4v) is 3.56. The van der Waals surface area contributed by atoms with Crippen LogP contribution in [0.15, 0.2) is 35.7 Å². The zero-order chi connectivity index (χ0) is 11.7. The van der Waals surface area contributed by atoms with Gasteiger partial charge in [-0.2, -0.15) is 0 Å². The van der Waals surface area contributed by atoms with Crippen LogP contribution in [-0.2, 0) is 12.8 Å². The fraction of sp³-hybridized carbons (Fsp3) is 0.286. The van der Waals surface area contributed by atoms with E-state index in [4.69, 9.17) is 11.6 Å². The van der Waals surface area contributed by atoms with Crippen LogP contribution < -0.4 is 5.32 Å². The highest BCUT2D eigenvalue weighted by Gasteiger charge is 2.21. The Morgan fingerprint density at radius 1 is 1.29 bits per heavy atom. The van der Waals surface area contributed by atoms with E-state index in [1.807, 2.05) is 23.5 Å². The molecule has 0 spiro atoms. The fourth-order valence-electron chi connectivity index (χ4n) is 2.40. The van der Waals surface area contributed by atoms with Gasteiger partial charge in [0.05, 0.1) is 0 Å². The van der Waals surface area contributed by atoms with Crippen molar-refractivity contribution in [3.8, 4) is 0 Å². The molecule has 1 aliphatic heterocycles. The molecule has 0 bridgehead atoms. The van der Waals surface area contributed by atoms with Gasteiger partial charge in [-0.15, -0.1) is 11.3 Å². The zero-order valence-corrected chi connectivity index (χ0v) is 11.0. The maximum absolute atomic E-state index is 6.22. The first-order chi connectivity index (χ1) is 8.34. The predicted octanol–water partition coefficient (Wildman–Crippen LogP) is 3.83. The first-order valence-corrected chi connectivity index (χ1v) is 7.13. The van der Waals surface area contributed by atoms with Gasteiger partial charge >= 0.3 is 0 Å². The molecule has 1 unspecified atom stereocenters. The number of nitrogens with one attached hydrogen (secondary N) is 1. The Hall–Kier alpha value is -0.830. The molecule has 1 atom stereocenters. The molecule has 0 fully saturated rings. The minimum atomic E-state index is 0.421. The molecule has 1 N–H and O–H groups in total. The third kappa shape index (κ3) is 2.25. The summed E-state index contributed by atoms with van der Waals surface area (Å²) in [5.74, 6) is 0. The van der Waals surface area contributed by atoms with Gasteiger partial charge in [0.2, 0.25) is 0 Å². The van der Waals surface area contributed by atoms with E-state index in [0.29, 0.717) is 6.04 Å². The molecule has 0 saturated carbocycles. The van der Waals surface area contributed by atoms with Crippen molar-refractivity contribution in [2.75, 3.05) is 6.54 Å². The summed E-state index contributed by atoms with van der Waals surface area (Å²) in [6.07, 6.45) is 2.13. The molecule has 0 radical (unpaired) electrons. The highest BCUT2D eigenvalue weighted by Crippen LogP contribution is 2.31. The van der Waals surface area contributed by atoms with Crippen LogP contribution >= 0.6 is 22.9 Å². The Bertz CT molecular complexity index is 520. The van der Waals surface area contributed by atoms with Gasteiger partial charge in [0.25, 0.3) is 0 Å². The van der Waals surface area contributed by atoms with Crippen molar-refractivity contribution in [1.29, 1.82) is 0 Å². The smallest absolute Gasteiger partial charge is 0.0438 e. The topological polar surface area (TPSA) is 12.0 Å². The normalized spacial score (nSPS) is 19.0. The number of hydrogen-bond donors (Lipinski definition) is 1. The van der Waals surface area contributed by atoms with E-state index in [9.17, 15) is 0 Å². The van der Waals surface area contributed by atoms with Crippen LogP contribution in [0.3, 0.4) is 0 Å². The van der Waals surface area contributed by atoms with E-state index >= 15 is 0 Å². The van der Waals surface area contributed by atoms with Gasteiger partial charge in [0.15, 0.2) is 0 Å². The van der Waals surface area contributed by atoms with Crippen molar-refractivity contribution >= 4 is 22.9 Å². The van der Waals surface area contributed by atoms with Crippen molar-refractivity contribution in [1.82, 2.24) is 5.32 Å². The monoisotopic (exact) mass is 263 g/mol. The summed E-state index contributed by atoms with van der Waals surface area (Å²) in [5.41, 5.74) is 2.69. The van der Waals surface area contributed by atoms with Gasteiger partial charge in [-0.25, -0.2) is 0 Å². The Morgan fingerprint density at radius 2 is 2.18 bits per heavy atom. The summed E-state index contributed by atoms with van der Waals surface area (Å²) in [7, 11) is 0. The molecule has 2 heterocycles. The third-order valence-corrected chi connectivity index (χ3v) is 4.65. The predicted molar refractivity (Wildman–Crippen MR) is 73.9 cm³/mol. The summed E-state index contributed by atoms with van der Waals surface area (Å²) in [4.78, 5) is 1.53. The van der Waals surface area contributed by atoms with Gasteiger partial charge in [0.1, 0.15) is 0 Å². The zero-order valence-electron chi connectivity index (χ0n) is 9.45. The number of halogens is 1. The molecule has 0 saturated heterocycles.